The first-order chi connectivity index (χ1) is 58.7. The molecule has 0 aromatic heterocycles. The molecular formula is C127H207N5. The first-order valence-electron chi connectivity index (χ1n) is 48.8. The Kier molecular flexibility index (Phi) is 46.8. The average Bonchev–Trinajstić information content (AvgIpc) is 1.59. The van der Waals surface area contributed by atoms with Crippen molar-refractivity contribution in [3.05, 3.63) is 295 Å². The van der Waals surface area contributed by atoms with E-state index in [4.69, 9.17) is 4.11 Å². The summed E-state index contributed by atoms with van der Waals surface area (Å²) >= 11 is 0. The molecule has 3 unspecified atom stereocenters. The molecule has 1 fully saturated rings. The van der Waals surface area contributed by atoms with E-state index in [0.717, 1.165) is 49.8 Å². The molecule has 0 amide bonds. The zero-order valence-corrected chi connectivity index (χ0v) is 83.6. The fourth-order valence-electron chi connectivity index (χ4n) is 21.3. The quantitative estimate of drug-likeness (QED) is 0.154. The van der Waals surface area contributed by atoms with Crippen molar-refractivity contribution in [3.8, 4) is 0 Å². The Labute approximate surface area is 825 Å². The second kappa shape index (κ2) is 50.9. The normalized spacial score (nSPS) is 20.7. The summed E-state index contributed by atoms with van der Waals surface area (Å²) in [7, 11) is 0. The van der Waals surface area contributed by atoms with Crippen LogP contribution in [0, 0.1) is 84.4 Å². The van der Waals surface area contributed by atoms with Crippen LogP contribution in [0.5, 0.6) is 0 Å². The van der Waals surface area contributed by atoms with E-state index in [1.54, 1.807) is 11.6 Å². The third kappa shape index (κ3) is 24.1. The molecule has 1 saturated carbocycles. The molecule has 3 atom stereocenters. The maximum Gasteiger partial charge on any atom is 0.0626 e. The van der Waals surface area contributed by atoms with Crippen LogP contribution < -0.4 is 24.5 Å². The highest BCUT2D eigenvalue weighted by molar-refractivity contribution is 5.84. The minimum atomic E-state index is -2.08. The number of anilines is 5. The van der Waals surface area contributed by atoms with Crippen molar-refractivity contribution in [2.24, 2.45) is 22.2 Å². The van der Waals surface area contributed by atoms with Gasteiger partial charge < -0.3 is 24.5 Å². The van der Waals surface area contributed by atoms with Crippen LogP contribution in [0.3, 0.4) is 0 Å². The van der Waals surface area contributed by atoms with Gasteiger partial charge in [-0.15, -0.1) is 0 Å². The van der Waals surface area contributed by atoms with Gasteiger partial charge in [0, 0.05) is 76.1 Å². The monoisotopic (exact) mass is 1810 g/mol. The lowest BCUT2D eigenvalue weighted by atomic mass is 9.52. The van der Waals surface area contributed by atoms with Gasteiger partial charge in [0.1, 0.15) is 0 Å². The number of hydrogen-bond acceptors (Lipinski definition) is 5. The van der Waals surface area contributed by atoms with Gasteiger partial charge in [-0.3, -0.25) is 0 Å². The largest absolute Gasteiger partial charge is 0.360 e. The van der Waals surface area contributed by atoms with E-state index in [2.05, 4.69) is 392 Å². The predicted octanol–water partition coefficient (Wildman–Crippen LogP) is 38.5. The van der Waals surface area contributed by atoms with Gasteiger partial charge in [-0.1, -0.05) is 462 Å². The van der Waals surface area contributed by atoms with Gasteiger partial charge >= 0.3 is 0 Å². The summed E-state index contributed by atoms with van der Waals surface area (Å²) in [6.45, 7) is 83.5. The predicted molar refractivity (Wildman–Crippen MR) is 612 cm³/mol. The molecular weight excluding hydrogens is 1600 g/mol. The summed E-state index contributed by atoms with van der Waals surface area (Å²) in [4.78, 5) is 12.9. The molecule has 5 heteroatoms. The Balaban J connectivity index is -0.00000155. The van der Waals surface area contributed by atoms with E-state index in [1.807, 2.05) is 82.2 Å². The van der Waals surface area contributed by atoms with Crippen LogP contribution in [0.25, 0.3) is 16.7 Å². The Morgan fingerprint density at radius 2 is 0.644 bits per heavy atom. The number of para-hydroxylation sites is 5. The molecule has 0 spiro atoms. The lowest BCUT2D eigenvalue weighted by Crippen LogP contribution is -2.63. The van der Waals surface area contributed by atoms with Crippen molar-refractivity contribution >= 4 is 45.2 Å². The van der Waals surface area contributed by atoms with E-state index >= 15 is 0 Å². The summed E-state index contributed by atoms with van der Waals surface area (Å²) < 4.78 is 23.2. The second-order valence-corrected chi connectivity index (χ2v) is 39.7. The first-order valence-corrected chi connectivity index (χ1v) is 47.3. The summed E-state index contributed by atoms with van der Waals surface area (Å²) in [5, 5.41) is 0. The molecule has 1 aliphatic carbocycles. The highest BCUT2D eigenvalue weighted by atomic mass is 15.3. The number of hydrogen-bond donors (Lipinski definition) is 0. The van der Waals surface area contributed by atoms with Crippen molar-refractivity contribution < 1.29 is 4.11 Å². The third-order valence-corrected chi connectivity index (χ3v) is 30.5. The molecule has 132 heavy (non-hydrogen) atoms. The molecule has 0 bridgehead atoms. The van der Waals surface area contributed by atoms with Crippen molar-refractivity contribution in [1.82, 2.24) is 0 Å². The molecule has 8 aromatic rings. The summed E-state index contributed by atoms with van der Waals surface area (Å²) in [6.07, 6.45) is 21.7. The van der Waals surface area contributed by atoms with Gasteiger partial charge in [0.05, 0.1) is 28.2 Å². The topological polar surface area (TPSA) is 16.2 Å². The fourth-order valence-corrected chi connectivity index (χ4v) is 21.3. The second-order valence-electron chi connectivity index (χ2n) is 39.7. The fraction of sp³-hybridized carbons (Fsp3) is 0.543. The van der Waals surface area contributed by atoms with Gasteiger partial charge in [0.2, 0.25) is 0 Å². The van der Waals surface area contributed by atoms with E-state index in [9.17, 15) is 0 Å². The van der Waals surface area contributed by atoms with Gasteiger partial charge in [0.25, 0.3) is 0 Å². The highest BCUT2D eigenvalue weighted by Gasteiger charge is 2.62. The van der Waals surface area contributed by atoms with Crippen molar-refractivity contribution in [2.45, 2.75) is 407 Å². The maximum absolute atomic E-state index is 7.72. The van der Waals surface area contributed by atoms with E-state index in [1.165, 1.54) is 144 Å². The molecule has 5 nitrogen and oxygen atoms in total. The molecule has 8 aromatic carbocycles. The molecule has 0 saturated heterocycles. The minimum absolute atomic E-state index is 0. The van der Waals surface area contributed by atoms with Crippen molar-refractivity contribution in [3.63, 3.8) is 0 Å². The van der Waals surface area contributed by atoms with E-state index in [-0.39, 0.29) is 129 Å². The molecule has 0 radical (unpaired) electrons. The van der Waals surface area contributed by atoms with Gasteiger partial charge in [0.15, 0.2) is 0 Å². The van der Waals surface area contributed by atoms with Crippen LogP contribution in [0.15, 0.2) is 212 Å². The van der Waals surface area contributed by atoms with Crippen molar-refractivity contribution in [1.29, 1.82) is 0 Å². The molecule has 740 valence electrons. The molecule has 0 N–H and O–H groups in total. The number of aryl methyl sites for hydroxylation is 9. The molecule has 8 heterocycles. The zero-order chi connectivity index (χ0) is 93.5. The van der Waals surface area contributed by atoms with Crippen LogP contribution in [-0.4, -0.2) is 60.9 Å². The molecule has 17 rings (SSSR count). The average molecular weight is 1810 g/mol. The lowest BCUT2D eigenvalue weighted by Gasteiger charge is -2.61. The Bertz CT molecular complexity index is 5130. The Morgan fingerprint density at radius 1 is 0.311 bits per heavy atom. The number of nitrogens with zero attached hydrogens (tertiary/aromatic N) is 5. The maximum atomic E-state index is 7.72. The number of benzene rings is 8. The van der Waals surface area contributed by atoms with Crippen LogP contribution >= 0.6 is 0 Å². The summed E-state index contributed by atoms with van der Waals surface area (Å²) in [5.74, 6) is 0.822. The molecule has 8 aliphatic heterocycles. The van der Waals surface area contributed by atoms with E-state index < -0.39 is 6.85 Å². The third-order valence-electron chi connectivity index (χ3n) is 30.5. The Morgan fingerprint density at radius 3 is 1.05 bits per heavy atom. The number of fused-ring (bicyclic) bond motifs is 9. The van der Waals surface area contributed by atoms with Crippen LogP contribution in [0.1, 0.15) is 388 Å². The van der Waals surface area contributed by atoms with Crippen LogP contribution in [0.2, 0.25) is 0 Å². The number of rotatable bonds is 6. The zero-order valence-electron chi connectivity index (χ0n) is 86.6. The smallest absolute Gasteiger partial charge is 0.0626 e. The summed E-state index contributed by atoms with van der Waals surface area (Å²) in [5.41, 5.74) is 32.9. The molecule has 9 aliphatic rings. The van der Waals surface area contributed by atoms with Crippen LogP contribution in [0.4, 0.5) is 28.4 Å². The van der Waals surface area contributed by atoms with Crippen LogP contribution in [-0.2, 0) is 16.2 Å². The lowest BCUT2D eigenvalue weighted by molar-refractivity contribution is 0.102. The Hall–Kier alpha value is -8.54. The summed E-state index contributed by atoms with van der Waals surface area (Å²) in [6, 6.07) is 61.4. The van der Waals surface area contributed by atoms with Gasteiger partial charge in [-0.25, -0.2) is 0 Å². The first kappa shape index (κ1) is 121. The van der Waals surface area contributed by atoms with Gasteiger partial charge in [-0.2, -0.15) is 0 Å². The standard InChI is InChI=1S/C26H33N.C24H35N.C21H25N.C19H21N.C17H23N.5C2H6.10CH4/c1-17-12-18(2)14-20(13-17)21-15-26(8)25(6,7)24(4,5)22-11-9-10-19(3)23(22)27(26)16-21;1-17-11-10-14-20-21(17)25-16-19(18-12-8-7-9-13-18)15-24(25,6)23(4,5)22(20,2)3;1-15-10-16(2)12-18(11-15)19-13-21(4,5)22(14-19)20-9-7-6-8-17(20)3;1-15-9-7-8-12-18(15)20-14-17(13-19(20,2)3)16-10-5-4-6-11-16;1-12-8-6-9-13-15(12)18-11-7-10-14(18)17(4,5)16(13,2)3;5*1-2;;;;;;;;;;/h9-15H,16H2,1-8H3;10-11,14-15,18H,7-9,12-13,16H2,1-6H3;6-13H,14H2,1-5H3;4-13H,14H2,1-3H3;6-10,14H,11H2,1-5H3;5*1-2H3;10*1H4/i;;1D3;;;;;;;;;;;;;;;;;. The van der Waals surface area contributed by atoms with Gasteiger partial charge in [-0.05, 0) is 240 Å². The minimum Gasteiger partial charge on any atom is -0.360 e. The SMILES string of the molecule is C.C.C.C.C.C.C.C.C.C.CC.CC.CC.CC.CC.Cc1cc(C)cc(C2=CC3(C)N(C2)c2c(C)cccc2C(C)(C)C3(C)C)c1.Cc1cccc2c1N1CC(C3CCCCC3)=CC1(C)C(C)(C)C2(C)C.Cc1cccc2c1N1CC=CC1C(C)(C)C2(C)C.Cc1ccccc1N1CC(c2ccccc2)=CC1(C)C.[2H]C([2H])([2H])c1cc(C)cc(C2=CC(C)(C)N(c3ccccc3C)C2)c1. The van der Waals surface area contributed by atoms with E-state index in [0.29, 0.717) is 11.6 Å². The van der Waals surface area contributed by atoms with Crippen molar-refractivity contribution in [2.75, 3.05) is 57.2 Å². The highest BCUT2D eigenvalue weighted by Crippen LogP contribution is 2.64.